The van der Waals surface area contributed by atoms with E-state index < -0.39 is 17.0 Å². The first-order valence-corrected chi connectivity index (χ1v) is 8.45. The lowest BCUT2D eigenvalue weighted by Crippen LogP contribution is -2.52. The topological polar surface area (TPSA) is 61.6 Å². The number of rotatable bonds is 4. The summed E-state index contributed by atoms with van der Waals surface area (Å²) in [6.07, 6.45) is 0.332. The first-order valence-electron chi connectivity index (χ1n) is 2.51. The van der Waals surface area contributed by atoms with Crippen LogP contribution in [0.15, 0.2) is 0 Å². The second kappa shape index (κ2) is 4.38. The van der Waals surface area contributed by atoms with Crippen LogP contribution in [0.2, 0.25) is 0 Å². The van der Waals surface area contributed by atoms with Crippen molar-refractivity contribution in [3.8, 4) is 0 Å². The lowest BCUT2D eigenvalue weighted by molar-refractivity contribution is 0.446. The minimum absolute atomic E-state index is 0.332. The summed E-state index contributed by atoms with van der Waals surface area (Å²) in [6, 6.07) is 0. The normalized spacial score (nSPS) is 17.4. The van der Waals surface area contributed by atoms with Crippen molar-refractivity contribution >= 4 is 38.0 Å². The molecule has 8 heteroatoms. The van der Waals surface area contributed by atoms with E-state index in [1.54, 1.807) is 0 Å². The molecule has 0 spiro atoms. The molecule has 0 atom stereocenters. The van der Waals surface area contributed by atoms with E-state index in [1.165, 1.54) is 0 Å². The van der Waals surface area contributed by atoms with Gasteiger partial charge in [0.25, 0.3) is 0 Å². The molecular weight excluding hydrogens is 186 g/mol. The highest BCUT2D eigenvalue weighted by atomic mass is 29.2. The molecule has 0 unspecified atom stereocenters. The van der Waals surface area contributed by atoms with Gasteiger partial charge in [0.05, 0.1) is 0 Å². The quantitative estimate of drug-likeness (QED) is 0.464. The van der Waals surface area contributed by atoms with Crippen LogP contribution in [-0.2, 0) is 12.7 Å². The SMILES string of the molecule is NC[Si](O[SiH3])(O[SiH3])[SiH]=O. The lowest BCUT2D eigenvalue weighted by Gasteiger charge is -2.19. The van der Waals surface area contributed by atoms with Crippen molar-refractivity contribution < 1.29 is 12.7 Å². The third-order valence-corrected chi connectivity index (χ3v) is 13.6. The van der Waals surface area contributed by atoms with E-state index in [-0.39, 0.29) is 0 Å². The van der Waals surface area contributed by atoms with Gasteiger partial charge in [0.1, 0.15) is 21.0 Å². The summed E-state index contributed by atoms with van der Waals surface area (Å²) in [5.41, 5.74) is 5.32. The third kappa shape index (κ3) is 2.33. The van der Waals surface area contributed by atoms with Crippen LogP contribution in [0.5, 0.6) is 0 Å². The molecule has 0 aromatic carbocycles. The maximum Gasteiger partial charge on any atom is 0.374 e. The zero-order valence-corrected chi connectivity index (χ0v) is 11.7. The van der Waals surface area contributed by atoms with Crippen LogP contribution in [0.25, 0.3) is 0 Å². The third-order valence-electron chi connectivity index (χ3n) is 1.16. The molecular formula is CH11NO3Si4. The summed E-state index contributed by atoms with van der Waals surface area (Å²) in [5, 5.41) is 0. The smallest absolute Gasteiger partial charge is 0.374 e. The monoisotopic (exact) mass is 197 g/mol. The van der Waals surface area contributed by atoms with E-state index in [9.17, 15) is 4.46 Å². The first-order chi connectivity index (χ1) is 4.24. The minimum atomic E-state index is -2.26. The Bertz CT molecular complexity index is 85.5. The van der Waals surface area contributed by atoms with Crippen molar-refractivity contribution in [3.05, 3.63) is 0 Å². The molecule has 0 aliphatic rings. The molecule has 0 fully saturated rings. The molecule has 2 N–H and O–H groups in total. The van der Waals surface area contributed by atoms with Crippen LogP contribution < -0.4 is 5.73 Å². The highest BCUT2D eigenvalue weighted by Gasteiger charge is 2.32. The van der Waals surface area contributed by atoms with Gasteiger partial charge in [0.15, 0.2) is 0 Å². The molecule has 0 aromatic rings. The van der Waals surface area contributed by atoms with Crippen molar-refractivity contribution in [2.24, 2.45) is 5.73 Å². The Morgan fingerprint density at radius 3 is 2.00 bits per heavy atom. The number of hydrogen-bond acceptors (Lipinski definition) is 4. The Morgan fingerprint density at radius 2 is 2.00 bits per heavy atom. The van der Waals surface area contributed by atoms with Crippen molar-refractivity contribution in [1.29, 1.82) is 0 Å². The summed E-state index contributed by atoms with van der Waals surface area (Å²) in [5.74, 6) is 0. The Labute approximate surface area is 63.1 Å². The fraction of sp³-hybridized carbons (Fsp3) is 1.00. The molecule has 0 heterocycles. The van der Waals surface area contributed by atoms with Crippen LogP contribution in [0.1, 0.15) is 0 Å². The standard InChI is InChI=1S/CH11NO3Si4/c2-1-9(4-6,5-7)8-3/h8H,1-2H2,6-7H3. The summed E-state index contributed by atoms with van der Waals surface area (Å²) in [7, 11) is -2.05. The van der Waals surface area contributed by atoms with Crippen molar-refractivity contribution in [2.45, 2.75) is 0 Å². The predicted molar refractivity (Wildman–Crippen MR) is 44.7 cm³/mol. The molecule has 0 bridgehead atoms. The van der Waals surface area contributed by atoms with E-state index in [4.69, 9.17) is 14.0 Å². The van der Waals surface area contributed by atoms with Gasteiger partial charge in [-0.2, -0.15) is 0 Å². The van der Waals surface area contributed by atoms with Gasteiger partial charge in [-0.05, 0) is 0 Å². The molecule has 54 valence electrons. The molecule has 0 saturated carbocycles. The summed E-state index contributed by atoms with van der Waals surface area (Å²) < 4.78 is 20.7. The summed E-state index contributed by atoms with van der Waals surface area (Å²) in [4.78, 5) is 0. The van der Waals surface area contributed by atoms with Gasteiger partial charge < -0.3 is 18.4 Å². The Morgan fingerprint density at radius 1 is 1.56 bits per heavy atom. The van der Waals surface area contributed by atoms with E-state index in [2.05, 4.69) is 0 Å². The van der Waals surface area contributed by atoms with Gasteiger partial charge in [0.2, 0.25) is 0 Å². The molecule has 0 rings (SSSR count). The minimum Gasteiger partial charge on any atom is -0.443 e. The molecule has 0 aliphatic carbocycles. The average molecular weight is 197 g/mol. The average Bonchev–Trinajstić information content (AvgIpc) is 1.95. The van der Waals surface area contributed by atoms with E-state index in [0.29, 0.717) is 27.1 Å². The lowest BCUT2D eigenvalue weighted by atomic mass is 11.5. The van der Waals surface area contributed by atoms with Crippen LogP contribution >= 0.6 is 0 Å². The predicted octanol–water partition coefficient (Wildman–Crippen LogP) is -4.20. The van der Waals surface area contributed by atoms with Gasteiger partial charge >= 0.3 is 17.0 Å². The second-order valence-electron chi connectivity index (χ2n) is 1.54. The van der Waals surface area contributed by atoms with Crippen molar-refractivity contribution in [3.63, 3.8) is 0 Å². The first kappa shape index (κ1) is 9.55. The van der Waals surface area contributed by atoms with Crippen molar-refractivity contribution in [1.82, 2.24) is 0 Å². The van der Waals surface area contributed by atoms with Crippen molar-refractivity contribution in [2.75, 3.05) is 6.17 Å². The van der Waals surface area contributed by atoms with Gasteiger partial charge in [-0.25, -0.2) is 0 Å². The fourth-order valence-corrected chi connectivity index (χ4v) is 6.78. The Hall–Kier alpha value is 0.548. The molecule has 4 nitrogen and oxygen atoms in total. The van der Waals surface area contributed by atoms with Gasteiger partial charge in [0, 0.05) is 6.17 Å². The van der Waals surface area contributed by atoms with E-state index in [1.807, 2.05) is 0 Å². The zero-order valence-electron chi connectivity index (χ0n) is 5.59. The maximum atomic E-state index is 10.5. The molecule has 0 radical (unpaired) electrons. The Kier molecular flexibility index (Phi) is 4.64. The fourth-order valence-electron chi connectivity index (χ4n) is 0.394. The molecule has 0 aliphatic heterocycles. The van der Waals surface area contributed by atoms with Crippen LogP contribution in [0.4, 0.5) is 0 Å². The van der Waals surface area contributed by atoms with E-state index >= 15 is 0 Å². The summed E-state index contributed by atoms with van der Waals surface area (Å²) in [6.45, 7) is 0. The maximum absolute atomic E-state index is 10.5. The zero-order chi connectivity index (χ0) is 7.33. The molecule has 0 saturated heterocycles. The van der Waals surface area contributed by atoms with Crippen LogP contribution in [-0.4, -0.2) is 44.1 Å². The van der Waals surface area contributed by atoms with Crippen LogP contribution in [0, 0.1) is 0 Å². The molecule has 0 amide bonds. The Balaban J connectivity index is 3.98. The largest absolute Gasteiger partial charge is 0.443 e. The van der Waals surface area contributed by atoms with Gasteiger partial charge in [-0.15, -0.1) is 0 Å². The molecule has 0 aromatic heterocycles. The van der Waals surface area contributed by atoms with Crippen LogP contribution in [0.3, 0.4) is 0 Å². The van der Waals surface area contributed by atoms with E-state index in [0.717, 1.165) is 0 Å². The molecule has 9 heavy (non-hydrogen) atoms. The van der Waals surface area contributed by atoms with Gasteiger partial charge in [-0.1, -0.05) is 0 Å². The summed E-state index contributed by atoms with van der Waals surface area (Å²) >= 11 is 0. The van der Waals surface area contributed by atoms with Gasteiger partial charge in [-0.3, -0.25) is 0 Å². The number of nitrogens with two attached hydrogens (primary N) is 1. The number of hydrogen-bond donors (Lipinski definition) is 1. The second-order valence-corrected chi connectivity index (χ2v) is 10.4. The highest BCUT2D eigenvalue weighted by molar-refractivity contribution is 7.14. The highest BCUT2D eigenvalue weighted by Crippen LogP contribution is 1.94.